The molecule has 0 bridgehead atoms. The third-order valence-corrected chi connectivity index (χ3v) is 3.92. The van der Waals surface area contributed by atoms with Gasteiger partial charge in [-0.1, -0.05) is 32.9 Å². The Morgan fingerprint density at radius 3 is 2.12 bits per heavy atom. The zero-order valence-corrected chi connectivity index (χ0v) is 11.7. The summed E-state index contributed by atoms with van der Waals surface area (Å²) in [5.41, 5.74) is 1.46. The average Bonchev–Trinajstić information content (AvgIpc) is 2.17. The molecule has 0 spiro atoms. The van der Waals surface area contributed by atoms with Gasteiger partial charge in [0.25, 0.3) is 0 Å². The van der Waals surface area contributed by atoms with E-state index in [4.69, 9.17) is 11.6 Å². The number of carbonyl (C=O) groups is 1. The van der Waals surface area contributed by atoms with Crippen molar-refractivity contribution in [2.24, 2.45) is 0 Å². The van der Waals surface area contributed by atoms with Gasteiger partial charge in [-0.05, 0) is 41.6 Å². The highest BCUT2D eigenvalue weighted by molar-refractivity contribution is 8.00. The molecule has 1 atom stereocenters. The number of carbonyl (C=O) groups excluding carboxylic acids is 1. The van der Waals surface area contributed by atoms with Crippen molar-refractivity contribution >= 4 is 28.6 Å². The molecule has 1 nitrogen and oxygen atoms in total. The van der Waals surface area contributed by atoms with Gasteiger partial charge in [0.2, 0.25) is 5.24 Å². The van der Waals surface area contributed by atoms with Gasteiger partial charge in [0, 0.05) is 4.90 Å². The highest BCUT2D eigenvalue weighted by Gasteiger charge is 2.14. The number of hydrogen-bond acceptors (Lipinski definition) is 2. The molecule has 0 aliphatic carbocycles. The summed E-state index contributed by atoms with van der Waals surface area (Å²) in [6.45, 7) is 8.36. The first-order chi connectivity index (χ1) is 7.30. The number of hydrogen-bond donors (Lipinski definition) is 0. The summed E-state index contributed by atoms with van der Waals surface area (Å²) in [5.74, 6) is 0. The number of benzene rings is 1. The molecule has 88 valence electrons. The van der Waals surface area contributed by atoms with E-state index in [1.807, 2.05) is 19.1 Å². The minimum absolute atomic E-state index is 0.164. The molecule has 0 N–H and O–H groups in total. The van der Waals surface area contributed by atoms with Crippen molar-refractivity contribution < 1.29 is 4.79 Å². The average molecular weight is 257 g/mol. The van der Waals surface area contributed by atoms with Crippen LogP contribution in [0.15, 0.2) is 29.2 Å². The molecule has 16 heavy (non-hydrogen) atoms. The van der Waals surface area contributed by atoms with Crippen molar-refractivity contribution in [2.45, 2.75) is 43.3 Å². The molecule has 0 saturated heterocycles. The lowest BCUT2D eigenvalue weighted by Crippen LogP contribution is -2.10. The molecular weight excluding hydrogens is 240 g/mol. The van der Waals surface area contributed by atoms with Crippen molar-refractivity contribution in [3.05, 3.63) is 29.8 Å². The fourth-order valence-corrected chi connectivity index (χ4v) is 2.21. The number of rotatable bonds is 3. The van der Waals surface area contributed by atoms with Gasteiger partial charge in [-0.2, -0.15) is 0 Å². The molecule has 3 heteroatoms. The lowest BCUT2D eigenvalue weighted by atomic mass is 9.87. The molecule has 1 aromatic carbocycles. The standard InChI is InChI=1S/C13H17ClOS/c1-9(12(14)15)16-11-7-5-10(6-8-11)13(2,3)4/h5-9H,1-4H3. The van der Waals surface area contributed by atoms with Crippen molar-refractivity contribution in [2.75, 3.05) is 0 Å². The summed E-state index contributed by atoms with van der Waals surface area (Å²) in [5, 5.41) is -0.493. The molecule has 1 rings (SSSR count). The highest BCUT2D eigenvalue weighted by Crippen LogP contribution is 2.28. The zero-order chi connectivity index (χ0) is 12.3. The Bertz CT molecular complexity index is 365. The van der Waals surface area contributed by atoms with Crippen LogP contribution in [0, 0.1) is 0 Å². The van der Waals surface area contributed by atoms with Crippen LogP contribution < -0.4 is 0 Å². The smallest absolute Gasteiger partial charge is 0.234 e. The van der Waals surface area contributed by atoms with E-state index in [0.29, 0.717) is 0 Å². The van der Waals surface area contributed by atoms with Gasteiger partial charge < -0.3 is 0 Å². The van der Waals surface area contributed by atoms with Crippen molar-refractivity contribution in [1.29, 1.82) is 0 Å². The van der Waals surface area contributed by atoms with Crippen molar-refractivity contribution in [3.63, 3.8) is 0 Å². The first-order valence-corrected chi connectivity index (χ1v) is 6.53. The zero-order valence-electron chi connectivity index (χ0n) is 10.1. The van der Waals surface area contributed by atoms with E-state index in [-0.39, 0.29) is 15.9 Å². The maximum absolute atomic E-state index is 10.9. The van der Waals surface area contributed by atoms with Gasteiger partial charge in [0.05, 0.1) is 5.25 Å². The van der Waals surface area contributed by atoms with Gasteiger partial charge in [-0.25, -0.2) is 0 Å². The normalized spacial score (nSPS) is 13.6. The molecule has 1 aromatic rings. The van der Waals surface area contributed by atoms with Crippen LogP contribution in [0.1, 0.15) is 33.3 Å². The topological polar surface area (TPSA) is 17.1 Å². The molecule has 1 unspecified atom stereocenters. The van der Waals surface area contributed by atoms with Crippen LogP contribution >= 0.6 is 23.4 Å². The SMILES string of the molecule is CC(Sc1ccc(C(C)(C)C)cc1)C(=O)Cl. The minimum atomic E-state index is -0.301. The Kier molecular flexibility index (Phi) is 4.45. The third-order valence-electron chi connectivity index (χ3n) is 2.35. The van der Waals surface area contributed by atoms with Gasteiger partial charge in [0.1, 0.15) is 0 Å². The molecule has 0 aliphatic heterocycles. The quantitative estimate of drug-likeness (QED) is 0.595. The summed E-state index contributed by atoms with van der Waals surface area (Å²) in [6.07, 6.45) is 0. The molecule has 0 radical (unpaired) electrons. The van der Waals surface area contributed by atoms with E-state index in [9.17, 15) is 4.79 Å². The van der Waals surface area contributed by atoms with Crippen LogP contribution in [0.4, 0.5) is 0 Å². The maximum atomic E-state index is 10.9. The third kappa shape index (κ3) is 3.84. The summed E-state index contributed by atoms with van der Waals surface area (Å²) >= 11 is 6.91. The fourth-order valence-electron chi connectivity index (χ4n) is 1.28. The minimum Gasteiger partial charge on any atom is -0.280 e. The van der Waals surface area contributed by atoms with Crippen LogP contribution in [0.5, 0.6) is 0 Å². The first kappa shape index (κ1) is 13.6. The van der Waals surface area contributed by atoms with Gasteiger partial charge >= 0.3 is 0 Å². The second kappa shape index (κ2) is 5.24. The lowest BCUT2D eigenvalue weighted by molar-refractivity contribution is -0.111. The molecule has 0 fully saturated rings. The monoisotopic (exact) mass is 256 g/mol. The van der Waals surface area contributed by atoms with E-state index in [1.165, 1.54) is 17.3 Å². The van der Waals surface area contributed by atoms with Crippen LogP contribution in [-0.2, 0) is 10.2 Å². The van der Waals surface area contributed by atoms with Crippen LogP contribution in [-0.4, -0.2) is 10.5 Å². The predicted molar refractivity (Wildman–Crippen MR) is 71.3 cm³/mol. The molecule has 0 aromatic heterocycles. The Hall–Kier alpha value is -0.470. The Labute approximate surface area is 107 Å². The summed E-state index contributed by atoms with van der Waals surface area (Å²) < 4.78 is 0. The first-order valence-electron chi connectivity index (χ1n) is 5.27. The molecule has 0 amide bonds. The number of halogens is 1. The second-order valence-electron chi connectivity index (χ2n) is 4.84. The van der Waals surface area contributed by atoms with Crippen LogP contribution in [0.3, 0.4) is 0 Å². The van der Waals surface area contributed by atoms with Gasteiger partial charge in [-0.15, -0.1) is 11.8 Å². The van der Waals surface area contributed by atoms with Gasteiger partial charge in [0.15, 0.2) is 0 Å². The van der Waals surface area contributed by atoms with E-state index < -0.39 is 0 Å². The van der Waals surface area contributed by atoms with E-state index in [1.54, 1.807) is 0 Å². The Morgan fingerprint density at radius 1 is 1.25 bits per heavy atom. The van der Waals surface area contributed by atoms with Crippen LogP contribution in [0.25, 0.3) is 0 Å². The molecule has 0 saturated carbocycles. The maximum Gasteiger partial charge on any atom is 0.234 e. The number of thioether (sulfide) groups is 1. The second-order valence-corrected chi connectivity index (χ2v) is 6.63. The van der Waals surface area contributed by atoms with Gasteiger partial charge in [-0.3, -0.25) is 4.79 Å². The van der Waals surface area contributed by atoms with Crippen molar-refractivity contribution in [1.82, 2.24) is 0 Å². The molecular formula is C13H17ClOS. The predicted octanol–water partition coefficient (Wildman–Crippen LogP) is 4.23. The lowest BCUT2D eigenvalue weighted by Gasteiger charge is -2.19. The summed E-state index contributed by atoms with van der Waals surface area (Å²) in [7, 11) is 0. The van der Waals surface area contributed by atoms with E-state index in [2.05, 4.69) is 32.9 Å². The largest absolute Gasteiger partial charge is 0.280 e. The Balaban J connectivity index is 2.76. The van der Waals surface area contributed by atoms with Crippen LogP contribution in [0.2, 0.25) is 0 Å². The Morgan fingerprint density at radius 2 is 1.75 bits per heavy atom. The van der Waals surface area contributed by atoms with E-state index in [0.717, 1.165) is 4.90 Å². The fraction of sp³-hybridized carbons (Fsp3) is 0.462. The van der Waals surface area contributed by atoms with Crippen molar-refractivity contribution in [3.8, 4) is 0 Å². The summed E-state index contributed by atoms with van der Waals surface area (Å²) in [6, 6.07) is 8.30. The highest BCUT2D eigenvalue weighted by atomic mass is 35.5. The molecule has 0 aliphatic rings. The molecule has 0 heterocycles. The van der Waals surface area contributed by atoms with E-state index >= 15 is 0 Å². The summed E-state index contributed by atoms with van der Waals surface area (Å²) in [4.78, 5) is 12.0.